The molecule has 0 fully saturated rings. The largest absolute Gasteiger partial charge is 0.493 e. The fraction of sp³-hybridized carbons (Fsp3) is 0.263. The zero-order chi connectivity index (χ0) is 19.6. The summed E-state index contributed by atoms with van der Waals surface area (Å²) in [4.78, 5) is 11.5. The van der Waals surface area contributed by atoms with Crippen LogP contribution in [-0.2, 0) is 16.1 Å². The van der Waals surface area contributed by atoms with E-state index >= 15 is 0 Å². The van der Waals surface area contributed by atoms with Crippen molar-refractivity contribution in [2.24, 2.45) is 5.10 Å². The van der Waals surface area contributed by atoms with Gasteiger partial charge in [-0.1, -0.05) is 23.7 Å². The molecule has 0 atom stereocenters. The summed E-state index contributed by atoms with van der Waals surface area (Å²) in [6, 6.07) is 11.1. The molecule has 0 aliphatic rings. The second-order valence-electron chi connectivity index (χ2n) is 5.35. The van der Waals surface area contributed by atoms with Crippen LogP contribution >= 0.6 is 27.5 Å². The average molecular weight is 456 g/mol. The van der Waals surface area contributed by atoms with Crippen molar-refractivity contribution in [2.75, 3.05) is 20.3 Å². The number of hydrogen-bond acceptors (Lipinski definition) is 6. The van der Waals surface area contributed by atoms with Gasteiger partial charge in [0.2, 0.25) is 0 Å². The number of benzene rings is 2. The van der Waals surface area contributed by atoms with Crippen molar-refractivity contribution in [1.82, 2.24) is 5.43 Å². The van der Waals surface area contributed by atoms with Crippen LogP contribution in [0.5, 0.6) is 11.5 Å². The third-order valence-electron chi connectivity index (χ3n) is 3.39. The average Bonchev–Trinajstić information content (AvgIpc) is 2.65. The van der Waals surface area contributed by atoms with Gasteiger partial charge < -0.3 is 19.6 Å². The lowest BCUT2D eigenvalue weighted by Gasteiger charge is -2.13. The molecule has 2 aromatic rings. The summed E-state index contributed by atoms with van der Waals surface area (Å²) in [6.45, 7) is 2.42. The van der Waals surface area contributed by atoms with Crippen LogP contribution in [0.1, 0.15) is 18.1 Å². The Labute approximate surface area is 171 Å². The van der Waals surface area contributed by atoms with Gasteiger partial charge in [-0.25, -0.2) is 4.79 Å². The number of hydrazone groups is 1. The number of rotatable bonds is 9. The zero-order valence-electron chi connectivity index (χ0n) is 15.0. The first kappa shape index (κ1) is 21.1. The Morgan fingerprint density at radius 3 is 2.70 bits per heavy atom. The first-order valence-electron chi connectivity index (χ1n) is 8.19. The van der Waals surface area contributed by atoms with E-state index in [2.05, 4.69) is 26.5 Å². The number of hydrogen-bond donors (Lipinski definition) is 1. The molecule has 6 nitrogen and oxygen atoms in total. The first-order valence-corrected chi connectivity index (χ1v) is 9.37. The summed E-state index contributed by atoms with van der Waals surface area (Å²) in [5.41, 5.74) is 4.84. The van der Waals surface area contributed by atoms with Gasteiger partial charge in [-0.05, 0) is 58.2 Å². The number of methoxy groups -OCH3 is 1. The Morgan fingerprint density at radius 1 is 1.30 bits per heavy atom. The Kier molecular flexibility index (Phi) is 8.42. The monoisotopic (exact) mass is 454 g/mol. The Morgan fingerprint density at radius 2 is 2.04 bits per heavy atom. The highest BCUT2D eigenvalue weighted by molar-refractivity contribution is 9.10. The van der Waals surface area contributed by atoms with E-state index in [1.54, 1.807) is 19.2 Å². The second kappa shape index (κ2) is 10.8. The highest BCUT2D eigenvalue weighted by atomic mass is 79.9. The van der Waals surface area contributed by atoms with Crippen molar-refractivity contribution >= 4 is 39.7 Å². The third-order valence-corrected chi connectivity index (χ3v) is 4.23. The molecule has 0 unspecified atom stereocenters. The lowest BCUT2D eigenvalue weighted by Crippen LogP contribution is -2.15. The fourth-order valence-corrected chi connectivity index (χ4v) is 2.85. The molecule has 0 saturated carbocycles. The van der Waals surface area contributed by atoms with Crippen LogP contribution in [0.4, 0.5) is 0 Å². The Balaban J connectivity index is 1.99. The maximum absolute atomic E-state index is 11.5. The number of ether oxygens (including phenoxy) is 3. The van der Waals surface area contributed by atoms with Crippen LogP contribution in [0, 0.1) is 0 Å². The highest BCUT2D eigenvalue weighted by Crippen LogP contribution is 2.36. The molecule has 0 amide bonds. The van der Waals surface area contributed by atoms with Crippen LogP contribution in [-0.4, -0.2) is 32.5 Å². The normalized spacial score (nSPS) is 10.7. The van der Waals surface area contributed by atoms with Gasteiger partial charge in [0, 0.05) is 5.02 Å². The van der Waals surface area contributed by atoms with Gasteiger partial charge in [0.05, 0.1) is 30.9 Å². The molecule has 0 radical (unpaired) electrons. The zero-order valence-corrected chi connectivity index (χ0v) is 17.3. The number of carbonyl (C=O) groups is 1. The molecule has 8 heteroatoms. The maximum Gasteiger partial charge on any atom is 0.344 e. The predicted molar refractivity (Wildman–Crippen MR) is 109 cm³/mol. The van der Waals surface area contributed by atoms with E-state index in [1.807, 2.05) is 30.3 Å². The van der Waals surface area contributed by atoms with E-state index in [0.717, 1.165) is 11.1 Å². The standard InChI is InChI=1S/C19H20BrClN2O4/c1-3-26-18(24)12-27-19-16(20)8-14(9-17(19)25-2)11-23-22-10-13-4-6-15(21)7-5-13/h4-9,11,22H,3,10,12H2,1-2H3/b23-11-. The Bertz CT molecular complexity index is 797. The second-order valence-corrected chi connectivity index (χ2v) is 6.64. The Hall–Kier alpha value is -2.25. The van der Waals surface area contributed by atoms with Crippen LogP contribution in [0.15, 0.2) is 46.0 Å². The molecule has 0 aliphatic heterocycles. The van der Waals surface area contributed by atoms with Gasteiger partial charge in [0.25, 0.3) is 0 Å². The minimum absolute atomic E-state index is 0.196. The van der Waals surface area contributed by atoms with E-state index in [4.69, 9.17) is 25.8 Å². The number of nitrogens with one attached hydrogen (secondary N) is 1. The summed E-state index contributed by atoms with van der Waals surface area (Å²) in [6.07, 6.45) is 1.67. The lowest BCUT2D eigenvalue weighted by atomic mass is 10.2. The van der Waals surface area contributed by atoms with E-state index < -0.39 is 5.97 Å². The quantitative estimate of drug-likeness (QED) is 0.349. The van der Waals surface area contributed by atoms with Crippen molar-refractivity contribution in [3.05, 3.63) is 57.0 Å². The van der Waals surface area contributed by atoms with Gasteiger partial charge in [0.15, 0.2) is 18.1 Å². The van der Waals surface area contributed by atoms with Gasteiger partial charge in [-0.15, -0.1) is 0 Å². The van der Waals surface area contributed by atoms with E-state index in [-0.39, 0.29) is 6.61 Å². The minimum atomic E-state index is -0.441. The van der Waals surface area contributed by atoms with Crippen molar-refractivity contribution in [3.8, 4) is 11.5 Å². The van der Waals surface area contributed by atoms with Crippen LogP contribution < -0.4 is 14.9 Å². The van der Waals surface area contributed by atoms with Crippen LogP contribution in [0.3, 0.4) is 0 Å². The van der Waals surface area contributed by atoms with E-state index in [1.165, 1.54) is 7.11 Å². The van der Waals surface area contributed by atoms with Crippen molar-refractivity contribution in [3.63, 3.8) is 0 Å². The van der Waals surface area contributed by atoms with E-state index in [9.17, 15) is 4.79 Å². The smallest absolute Gasteiger partial charge is 0.344 e. The number of nitrogens with zero attached hydrogens (tertiary/aromatic N) is 1. The summed E-state index contributed by atoms with van der Waals surface area (Å²) in [5, 5.41) is 4.90. The van der Waals surface area contributed by atoms with Crippen LogP contribution in [0.2, 0.25) is 5.02 Å². The molecule has 0 spiro atoms. The highest BCUT2D eigenvalue weighted by Gasteiger charge is 2.13. The predicted octanol–water partition coefficient (Wildman–Crippen LogP) is 4.18. The maximum atomic E-state index is 11.5. The first-order chi connectivity index (χ1) is 13.0. The number of esters is 1. The van der Waals surface area contributed by atoms with Crippen molar-refractivity contribution in [1.29, 1.82) is 0 Å². The molecule has 0 bridgehead atoms. The summed E-state index contributed by atoms with van der Waals surface area (Å²) in [5.74, 6) is 0.466. The van der Waals surface area contributed by atoms with Gasteiger partial charge in [-0.3, -0.25) is 0 Å². The van der Waals surface area contributed by atoms with Crippen LogP contribution in [0.25, 0.3) is 0 Å². The fourth-order valence-electron chi connectivity index (χ4n) is 2.15. The van der Waals surface area contributed by atoms with E-state index in [0.29, 0.717) is 34.1 Å². The molecule has 1 N–H and O–H groups in total. The molecule has 144 valence electrons. The van der Waals surface area contributed by atoms with Gasteiger partial charge in [-0.2, -0.15) is 5.10 Å². The van der Waals surface area contributed by atoms with Crippen molar-refractivity contribution < 1.29 is 19.0 Å². The number of halogens is 2. The molecule has 2 aromatic carbocycles. The molecule has 2 rings (SSSR count). The topological polar surface area (TPSA) is 69.2 Å². The summed E-state index contributed by atoms with van der Waals surface area (Å²) < 4.78 is 16.3. The summed E-state index contributed by atoms with van der Waals surface area (Å²) in [7, 11) is 1.53. The summed E-state index contributed by atoms with van der Waals surface area (Å²) >= 11 is 9.29. The molecule has 27 heavy (non-hydrogen) atoms. The third kappa shape index (κ3) is 6.77. The number of carbonyl (C=O) groups excluding carboxylic acids is 1. The molecular formula is C19H20BrClN2O4. The lowest BCUT2D eigenvalue weighted by molar-refractivity contribution is -0.145. The van der Waals surface area contributed by atoms with Gasteiger partial charge >= 0.3 is 5.97 Å². The molecule has 0 saturated heterocycles. The molecule has 0 aliphatic carbocycles. The molecular weight excluding hydrogens is 436 g/mol. The van der Waals surface area contributed by atoms with Gasteiger partial charge in [0.1, 0.15) is 0 Å². The van der Waals surface area contributed by atoms with Crippen molar-refractivity contribution in [2.45, 2.75) is 13.5 Å². The molecule has 0 heterocycles. The molecule has 0 aromatic heterocycles. The minimum Gasteiger partial charge on any atom is -0.493 e. The SMILES string of the molecule is CCOC(=O)COc1c(Br)cc(/C=N\NCc2ccc(Cl)cc2)cc1OC.